The van der Waals surface area contributed by atoms with Crippen molar-refractivity contribution in [1.82, 2.24) is 0 Å². The minimum absolute atomic E-state index is 0.362. The first-order valence-electron chi connectivity index (χ1n) is 6.08. The van der Waals surface area contributed by atoms with Gasteiger partial charge in [-0.15, -0.1) is 0 Å². The molecule has 0 N–H and O–H groups in total. The zero-order valence-corrected chi connectivity index (χ0v) is 11.5. The Hall–Kier alpha value is -2.04. The Morgan fingerprint density at radius 1 is 1.26 bits per heavy atom. The number of methoxy groups -OCH3 is 2. The number of aliphatic imine (C=N–C) groups is 1. The average molecular weight is 265 g/mol. The van der Waals surface area contributed by atoms with Crippen LogP contribution < -0.4 is 9.47 Å². The number of ether oxygens (including phenoxy) is 3. The molecule has 0 atom stereocenters. The molecule has 0 fully saturated rings. The van der Waals surface area contributed by atoms with E-state index in [0.29, 0.717) is 24.7 Å². The second kappa shape index (κ2) is 8.13. The summed E-state index contributed by atoms with van der Waals surface area (Å²) in [6.07, 6.45) is 1.93. The lowest BCUT2D eigenvalue weighted by atomic mass is 10.1. The molecule has 0 radical (unpaired) electrons. The largest absolute Gasteiger partial charge is 0.493 e. The number of rotatable bonds is 7. The van der Waals surface area contributed by atoms with E-state index in [1.807, 2.05) is 18.2 Å². The zero-order chi connectivity index (χ0) is 14.1. The van der Waals surface area contributed by atoms with Crippen molar-refractivity contribution < 1.29 is 19.0 Å². The first-order valence-corrected chi connectivity index (χ1v) is 6.08. The molecule has 0 unspecified atom stereocenters. The summed E-state index contributed by atoms with van der Waals surface area (Å²) >= 11 is 0. The number of hydrogen-bond donors (Lipinski definition) is 0. The molecule has 5 heteroatoms. The third-order valence-electron chi connectivity index (χ3n) is 2.46. The standard InChI is InChI=1S/C14H19NO4/c1-4-19-14(16)10-15-8-7-11-5-6-12(17-2)13(9-11)18-3/h5-6,9-10H,4,7-8H2,1-3H3. The topological polar surface area (TPSA) is 57.1 Å². The summed E-state index contributed by atoms with van der Waals surface area (Å²) in [6, 6.07) is 5.70. The second-order valence-electron chi connectivity index (χ2n) is 3.73. The van der Waals surface area contributed by atoms with Crippen molar-refractivity contribution in [2.45, 2.75) is 13.3 Å². The van der Waals surface area contributed by atoms with Gasteiger partial charge in [0.1, 0.15) is 6.21 Å². The maximum atomic E-state index is 11.0. The van der Waals surface area contributed by atoms with Gasteiger partial charge in [0.15, 0.2) is 11.5 Å². The Bertz CT molecular complexity index is 443. The van der Waals surface area contributed by atoms with Crippen molar-refractivity contribution >= 4 is 12.2 Å². The van der Waals surface area contributed by atoms with E-state index >= 15 is 0 Å². The lowest BCUT2D eigenvalue weighted by Crippen LogP contribution is -2.05. The number of carbonyl (C=O) groups is 1. The van der Waals surface area contributed by atoms with Gasteiger partial charge >= 0.3 is 5.97 Å². The van der Waals surface area contributed by atoms with Crippen LogP contribution in [0.1, 0.15) is 12.5 Å². The van der Waals surface area contributed by atoms with E-state index in [0.717, 1.165) is 12.0 Å². The normalized spacial score (nSPS) is 10.5. The fourth-order valence-electron chi connectivity index (χ4n) is 1.55. The molecule has 0 bridgehead atoms. The van der Waals surface area contributed by atoms with Crippen LogP contribution in [0.2, 0.25) is 0 Å². The zero-order valence-electron chi connectivity index (χ0n) is 11.5. The van der Waals surface area contributed by atoms with Crippen LogP contribution in [0.15, 0.2) is 23.2 Å². The minimum atomic E-state index is -0.408. The molecule has 1 aromatic carbocycles. The van der Waals surface area contributed by atoms with Crippen LogP contribution in [0, 0.1) is 0 Å². The van der Waals surface area contributed by atoms with E-state index in [-0.39, 0.29) is 0 Å². The summed E-state index contributed by atoms with van der Waals surface area (Å²) in [7, 11) is 3.20. The smallest absolute Gasteiger partial charge is 0.348 e. The fourth-order valence-corrected chi connectivity index (χ4v) is 1.55. The minimum Gasteiger partial charge on any atom is -0.493 e. The molecule has 1 rings (SSSR count). The Morgan fingerprint density at radius 2 is 2.00 bits per heavy atom. The molecule has 104 valence electrons. The van der Waals surface area contributed by atoms with Crippen molar-refractivity contribution in [3.63, 3.8) is 0 Å². The van der Waals surface area contributed by atoms with Gasteiger partial charge in [-0.05, 0) is 31.0 Å². The Kier molecular flexibility index (Phi) is 6.43. The van der Waals surface area contributed by atoms with Crippen LogP contribution in [-0.2, 0) is 16.0 Å². The molecule has 0 aromatic heterocycles. The van der Waals surface area contributed by atoms with E-state index < -0.39 is 5.97 Å². The molecule has 19 heavy (non-hydrogen) atoms. The highest BCUT2D eigenvalue weighted by atomic mass is 16.5. The van der Waals surface area contributed by atoms with Crippen LogP contribution in [0.5, 0.6) is 11.5 Å². The van der Waals surface area contributed by atoms with Crippen molar-refractivity contribution in [1.29, 1.82) is 0 Å². The summed E-state index contributed by atoms with van der Waals surface area (Å²) in [5, 5.41) is 0. The predicted molar refractivity (Wildman–Crippen MR) is 73.2 cm³/mol. The lowest BCUT2D eigenvalue weighted by Gasteiger charge is -2.08. The summed E-state index contributed by atoms with van der Waals surface area (Å²) in [6.45, 7) is 2.64. The molecule has 0 saturated carbocycles. The summed E-state index contributed by atoms with van der Waals surface area (Å²) in [4.78, 5) is 15.0. The van der Waals surface area contributed by atoms with Gasteiger partial charge in [0.25, 0.3) is 0 Å². The van der Waals surface area contributed by atoms with E-state index in [1.54, 1.807) is 21.1 Å². The van der Waals surface area contributed by atoms with Crippen LogP contribution >= 0.6 is 0 Å². The first-order chi connectivity index (χ1) is 9.21. The molecule has 0 amide bonds. The number of carbonyl (C=O) groups excluding carboxylic acids is 1. The maximum absolute atomic E-state index is 11.0. The molecule has 0 aliphatic heterocycles. The van der Waals surface area contributed by atoms with Crippen LogP contribution in [0.25, 0.3) is 0 Å². The summed E-state index contributed by atoms with van der Waals surface area (Å²) in [5.41, 5.74) is 1.07. The van der Waals surface area contributed by atoms with Gasteiger partial charge < -0.3 is 14.2 Å². The molecule has 0 spiro atoms. The highest BCUT2D eigenvalue weighted by Gasteiger charge is 2.04. The van der Waals surface area contributed by atoms with E-state index in [2.05, 4.69) is 4.99 Å². The second-order valence-corrected chi connectivity index (χ2v) is 3.73. The quantitative estimate of drug-likeness (QED) is 0.558. The molecule has 0 saturated heterocycles. The molecular formula is C14H19NO4. The van der Waals surface area contributed by atoms with Crippen LogP contribution in [0.4, 0.5) is 0 Å². The van der Waals surface area contributed by atoms with Gasteiger partial charge in [-0.2, -0.15) is 0 Å². The van der Waals surface area contributed by atoms with Gasteiger partial charge in [-0.3, -0.25) is 4.99 Å². The van der Waals surface area contributed by atoms with Gasteiger partial charge in [-0.1, -0.05) is 6.07 Å². The van der Waals surface area contributed by atoms with E-state index in [4.69, 9.17) is 14.2 Å². The molecule has 0 heterocycles. The van der Waals surface area contributed by atoms with Gasteiger partial charge in [0.2, 0.25) is 0 Å². The monoisotopic (exact) mass is 265 g/mol. The molecule has 5 nitrogen and oxygen atoms in total. The van der Waals surface area contributed by atoms with Crippen molar-refractivity contribution in [2.24, 2.45) is 4.99 Å². The van der Waals surface area contributed by atoms with Gasteiger partial charge in [0.05, 0.1) is 20.8 Å². The SMILES string of the molecule is CCOC(=O)C=NCCc1ccc(OC)c(OC)c1. The molecule has 0 aliphatic rings. The number of nitrogens with zero attached hydrogens (tertiary/aromatic N) is 1. The van der Waals surface area contributed by atoms with E-state index in [9.17, 15) is 4.79 Å². The van der Waals surface area contributed by atoms with Crippen molar-refractivity contribution in [3.05, 3.63) is 23.8 Å². The van der Waals surface area contributed by atoms with Crippen LogP contribution in [0.3, 0.4) is 0 Å². The fraction of sp³-hybridized carbons (Fsp3) is 0.429. The molecule has 0 aliphatic carbocycles. The van der Waals surface area contributed by atoms with Crippen molar-refractivity contribution in [3.8, 4) is 11.5 Å². The highest BCUT2D eigenvalue weighted by Crippen LogP contribution is 2.27. The predicted octanol–water partition coefficient (Wildman–Crippen LogP) is 1.88. The Morgan fingerprint density at radius 3 is 2.63 bits per heavy atom. The first kappa shape index (κ1) is 15.0. The van der Waals surface area contributed by atoms with Gasteiger partial charge in [-0.25, -0.2) is 4.79 Å². The lowest BCUT2D eigenvalue weighted by molar-refractivity contribution is -0.134. The third-order valence-corrected chi connectivity index (χ3v) is 2.46. The highest BCUT2D eigenvalue weighted by molar-refractivity contribution is 6.23. The Labute approximate surface area is 113 Å². The van der Waals surface area contributed by atoms with Crippen molar-refractivity contribution in [2.75, 3.05) is 27.4 Å². The molecule has 1 aromatic rings. The van der Waals surface area contributed by atoms with E-state index in [1.165, 1.54) is 6.21 Å². The van der Waals surface area contributed by atoms with Gasteiger partial charge in [0, 0.05) is 6.54 Å². The number of hydrogen-bond acceptors (Lipinski definition) is 5. The Balaban J connectivity index is 2.52. The summed E-state index contributed by atoms with van der Waals surface area (Å²) in [5.74, 6) is 0.977. The maximum Gasteiger partial charge on any atom is 0.348 e. The third kappa shape index (κ3) is 4.99. The van der Waals surface area contributed by atoms with Crippen LogP contribution in [-0.4, -0.2) is 39.6 Å². The number of esters is 1. The number of benzene rings is 1. The summed E-state index contributed by atoms with van der Waals surface area (Å²) < 4.78 is 15.1. The molecular weight excluding hydrogens is 246 g/mol. The average Bonchev–Trinajstić information content (AvgIpc) is 2.43.